The third kappa shape index (κ3) is 5.46. The summed E-state index contributed by atoms with van der Waals surface area (Å²) in [7, 11) is 0. The standard InChI is InChI=1S/C20H23N3O2S/c1-15-11-20(26-13-15)8-7-19(12-23-10-9-21-14-23)25-18-5-3-17(4-6-18)22-16(2)24/h3-6,9-11,13-14,19H,7-8,12H2,1-2H3,(H,22,24). The Kier molecular flexibility index (Phi) is 6.07. The molecule has 2 aromatic heterocycles. The number of thiophene rings is 1. The van der Waals surface area contributed by atoms with Crippen molar-refractivity contribution in [3.63, 3.8) is 0 Å². The maximum absolute atomic E-state index is 11.1. The summed E-state index contributed by atoms with van der Waals surface area (Å²) in [6.45, 7) is 4.37. The number of hydrogen-bond donors (Lipinski definition) is 1. The largest absolute Gasteiger partial charge is 0.489 e. The second-order valence-corrected chi connectivity index (χ2v) is 7.33. The molecule has 0 spiro atoms. The molecule has 1 amide bonds. The van der Waals surface area contributed by atoms with Gasteiger partial charge in [0.05, 0.1) is 12.9 Å². The van der Waals surface area contributed by atoms with Gasteiger partial charge >= 0.3 is 0 Å². The summed E-state index contributed by atoms with van der Waals surface area (Å²) >= 11 is 1.80. The smallest absolute Gasteiger partial charge is 0.221 e. The van der Waals surface area contributed by atoms with E-state index in [9.17, 15) is 4.79 Å². The molecule has 0 aliphatic carbocycles. The van der Waals surface area contributed by atoms with Gasteiger partial charge in [-0.2, -0.15) is 0 Å². The molecule has 3 aromatic rings. The molecule has 0 fully saturated rings. The zero-order valence-electron chi connectivity index (χ0n) is 15.0. The van der Waals surface area contributed by atoms with Crippen molar-refractivity contribution in [2.24, 2.45) is 0 Å². The number of carbonyl (C=O) groups is 1. The normalized spacial score (nSPS) is 11.9. The summed E-state index contributed by atoms with van der Waals surface area (Å²) in [4.78, 5) is 16.6. The average Bonchev–Trinajstić information content (AvgIpc) is 3.25. The first kappa shape index (κ1) is 18.2. The summed E-state index contributed by atoms with van der Waals surface area (Å²) in [5.41, 5.74) is 2.08. The number of amides is 1. The number of aromatic nitrogens is 2. The van der Waals surface area contributed by atoms with Crippen LogP contribution in [0.1, 0.15) is 23.8 Å². The van der Waals surface area contributed by atoms with Gasteiger partial charge in [-0.15, -0.1) is 11.3 Å². The van der Waals surface area contributed by atoms with Crippen LogP contribution in [-0.2, 0) is 17.8 Å². The fourth-order valence-electron chi connectivity index (χ4n) is 2.75. The summed E-state index contributed by atoms with van der Waals surface area (Å²) in [6.07, 6.45) is 7.49. The maximum Gasteiger partial charge on any atom is 0.221 e. The lowest BCUT2D eigenvalue weighted by Crippen LogP contribution is -2.23. The fourth-order valence-corrected chi connectivity index (χ4v) is 3.65. The molecule has 0 aliphatic heterocycles. The van der Waals surface area contributed by atoms with Crippen molar-refractivity contribution < 1.29 is 9.53 Å². The number of imidazole rings is 1. The Hall–Kier alpha value is -2.60. The Morgan fingerprint density at radius 1 is 1.35 bits per heavy atom. The Labute approximate surface area is 157 Å². The first-order valence-electron chi connectivity index (χ1n) is 8.62. The number of anilines is 1. The van der Waals surface area contributed by atoms with Crippen LogP contribution in [0.2, 0.25) is 0 Å². The van der Waals surface area contributed by atoms with Gasteiger partial charge in [0.2, 0.25) is 5.91 Å². The molecule has 0 saturated heterocycles. The first-order valence-corrected chi connectivity index (χ1v) is 9.50. The van der Waals surface area contributed by atoms with Gasteiger partial charge in [0, 0.05) is 29.9 Å². The number of carbonyl (C=O) groups excluding carboxylic acids is 1. The molecule has 2 heterocycles. The molecule has 0 aliphatic rings. The first-order chi connectivity index (χ1) is 12.6. The molecule has 1 unspecified atom stereocenters. The molecule has 1 N–H and O–H groups in total. The number of aryl methyl sites for hydroxylation is 2. The predicted molar refractivity (Wildman–Crippen MR) is 105 cm³/mol. The molecule has 1 atom stereocenters. The molecule has 0 saturated carbocycles. The number of benzene rings is 1. The quantitative estimate of drug-likeness (QED) is 0.644. The third-order valence-electron chi connectivity index (χ3n) is 3.95. The minimum absolute atomic E-state index is 0.0400. The van der Waals surface area contributed by atoms with E-state index in [0.29, 0.717) is 0 Å². The van der Waals surface area contributed by atoms with E-state index in [2.05, 4.69) is 28.7 Å². The van der Waals surface area contributed by atoms with Gasteiger partial charge in [-0.1, -0.05) is 0 Å². The Morgan fingerprint density at radius 3 is 2.77 bits per heavy atom. The van der Waals surface area contributed by atoms with Crippen LogP contribution in [0.3, 0.4) is 0 Å². The van der Waals surface area contributed by atoms with Crippen molar-refractivity contribution >= 4 is 22.9 Å². The Morgan fingerprint density at radius 2 is 2.15 bits per heavy atom. The van der Waals surface area contributed by atoms with E-state index < -0.39 is 0 Å². The van der Waals surface area contributed by atoms with Crippen LogP contribution >= 0.6 is 11.3 Å². The van der Waals surface area contributed by atoms with Crippen molar-refractivity contribution in [1.82, 2.24) is 9.55 Å². The highest BCUT2D eigenvalue weighted by Gasteiger charge is 2.13. The van der Waals surface area contributed by atoms with Crippen LogP contribution in [0.4, 0.5) is 5.69 Å². The lowest BCUT2D eigenvalue weighted by Gasteiger charge is -2.20. The van der Waals surface area contributed by atoms with Crippen LogP contribution in [0.25, 0.3) is 0 Å². The number of nitrogens with zero attached hydrogens (tertiary/aromatic N) is 2. The van der Waals surface area contributed by atoms with Gasteiger partial charge in [-0.05, 0) is 61.0 Å². The average molecular weight is 369 g/mol. The lowest BCUT2D eigenvalue weighted by molar-refractivity contribution is -0.114. The van der Waals surface area contributed by atoms with Gasteiger partial charge in [-0.25, -0.2) is 4.98 Å². The van der Waals surface area contributed by atoms with E-state index in [-0.39, 0.29) is 12.0 Å². The third-order valence-corrected chi connectivity index (χ3v) is 5.06. The zero-order chi connectivity index (χ0) is 18.4. The molecule has 1 aromatic carbocycles. The van der Waals surface area contributed by atoms with Crippen LogP contribution in [0.15, 0.2) is 54.4 Å². The van der Waals surface area contributed by atoms with Crippen LogP contribution in [-0.4, -0.2) is 21.6 Å². The van der Waals surface area contributed by atoms with Gasteiger partial charge in [0.25, 0.3) is 0 Å². The lowest BCUT2D eigenvalue weighted by atomic mass is 10.1. The van der Waals surface area contributed by atoms with Crippen molar-refractivity contribution in [1.29, 1.82) is 0 Å². The summed E-state index contributed by atoms with van der Waals surface area (Å²) in [5, 5.41) is 4.95. The molecule has 6 heteroatoms. The molecular weight excluding hydrogens is 346 g/mol. The zero-order valence-corrected chi connectivity index (χ0v) is 15.8. The van der Waals surface area contributed by atoms with E-state index in [1.807, 2.05) is 41.4 Å². The number of hydrogen-bond acceptors (Lipinski definition) is 4. The second kappa shape index (κ2) is 8.67. The van der Waals surface area contributed by atoms with E-state index in [4.69, 9.17) is 4.74 Å². The fraction of sp³-hybridized carbons (Fsp3) is 0.300. The number of ether oxygens (including phenoxy) is 1. The molecule has 136 valence electrons. The van der Waals surface area contributed by atoms with E-state index >= 15 is 0 Å². The minimum atomic E-state index is -0.0807. The monoisotopic (exact) mass is 369 g/mol. The molecular formula is C20H23N3O2S. The van der Waals surface area contributed by atoms with E-state index in [0.717, 1.165) is 30.8 Å². The van der Waals surface area contributed by atoms with Gasteiger partial charge < -0.3 is 14.6 Å². The Balaban J connectivity index is 1.65. The van der Waals surface area contributed by atoms with Gasteiger partial charge in [0.1, 0.15) is 11.9 Å². The molecule has 0 bridgehead atoms. The number of rotatable bonds is 8. The van der Waals surface area contributed by atoms with Crippen LogP contribution in [0.5, 0.6) is 5.75 Å². The van der Waals surface area contributed by atoms with Crippen LogP contribution < -0.4 is 10.1 Å². The second-order valence-electron chi connectivity index (χ2n) is 6.33. The van der Waals surface area contributed by atoms with Gasteiger partial charge in [-0.3, -0.25) is 4.79 Å². The summed E-state index contributed by atoms with van der Waals surface area (Å²) < 4.78 is 8.26. The summed E-state index contributed by atoms with van der Waals surface area (Å²) in [6, 6.07) is 9.73. The maximum atomic E-state index is 11.1. The molecule has 5 nitrogen and oxygen atoms in total. The highest BCUT2D eigenvalue weighted by molar-refractivity contribution is 7.10. The molecule has 3 rings (SSSR count). The topological polar surface area (TPSA) is 56.1 Å². The highest BCUT2D eigenvalue weighted by Crippen LogP contribution is 2.21. The summed E-state index contributed by atoms with van der Waals surface area (Å²) in [5.74, 6) is 0.717. The van der Waals surface area contributed by atoms with Crippen molar-refractivity contribution in [3.8, 4) is 5.75 Å². The van der Waals surface area contributed by atoms with Crippen LogP contribution in [0, 0.1) is 6.92 Å². The van der Waals surface area contributed by atoms with Crippen molar-refractivity contribution in [2.75, 3.05) is 5.32 Å². The van der Waals surface area contributed by atoms with Gasteiger partial charge in [0.15, 0.2) is 0 Å². The highest BCUT2D eigenvalue weighted by atomic mass is 32.1. The van der Waals surface area contributed by atoms with Crippen molar-refractivity contribution in [2.45, 2.75) is 39.3 Å². The van der Waals surface area contributed by atoms with E-state index in [1.54, 1.807) is 17.5 Å². The number of nitrogens with one attached hydrogen (secondary N) is 1. The Bertz CT molecular complexity index is 825. The SMILES string of the molecule is CC(=O)Nc1ccc(OC(CCc2cc(C)cs2)Cn2ccnc2)cc1. The molecule has 0 radical (unpaired) electrons. The minimum Gasteiger partial charge on any atom is -0.489 e. The van der Waals surface area contributed by atoms with Crippen molar-refractivity contribution in [3.05, 3.63) is 64.9 Å². The molecule has 26 heavy (non-hydrogen) atoms. The van der Waals surface area contributed by atoms with E-state index in [1.165, 1.54) is 17.4 Å². The predicted octanol–water partition coefficient (Wildman–Crippen LogP) is 4.29.